The van der Waals surface area contributed by atoms with Crippen LogP contribution >= 0.6 is 0 Å². The SMILES string of the molecule is C=C(C)/C=C1/CC(CC)=C(C)C1=O. The molecule has 0 spiro atoms. The van der Waals surface area contributed by atoms with Crippen LogP contribution in [0.5, 0.6) is 0 Å². The average Bonchev–Trinajstić information content (AvgIpc) is 2.32. The Kier molecular flexibility index (Phi) is 2.86. The van der Waals surface area contributed by atoms with Gasteiger partial charge in [-0.25, -0.2) is 0 Å². The first-order valence-corrected chi connectivity index (χ1v) is 4.65. The van der Waals surface area contributed by atoms with Gasteiger partial charge in [0.05, 0.1) is 0 Å². The van der Waals surface area contributed by atoms with E-state index in [1.807, 2.05) is 19.9 Å². The van der Waals surface area contributed by atoms with Gasteiger partial charge in [0.2, 0.25) is 0 Å². The number of hydrogen-bond donors (Lipinski definition) is 0. The zero-order chi connectivity index (χ0) is 10.0. The smallest absolute Gasteiger partial charge is 0.185 e. The quantitative estimate of drug-likeness (QED) is 0.590. The highest BCUT2D eigenvalue weighted by Gasteiger charge is 2.22. The zero-order valence-corrected chi connectivity index (χ0v) is 8.61. The van der Waals surface area contributed by atoms with Crippen molar-refractivity contribution in [3.05, 3.63) is 34.9 Å². The zero-order valence-electron chi connectivity index (χ0n) is 8.61. The fraction of sp³-hybridized carbons (Fsp3) is 0.417. The van der Waals surface area contributed by atoms with Gasteiger partial charge in [-0.15, -0.1) is 0 Å². The Morgan fingerprint density at radius 2 is 2.23 bits per heavy atom. The van der Waals surface area contributed by atoms with E-state index in [0.29, 0.717) is 0 Å². The van der Waals surface area contributed by atoms with Gasteiger partial charge >= 0.3 is 0 Å². The first kappa shape index (κ1) is 9.97. The minimum Gasteiger partial charge on any atom is -0.289 e. The van der Waals surface area contributed by atoms with E-state index in [1.54, 1.807) is 0 Å². The Morgan fingerprint density at radius 1 is 1.62 bits per heavy atom. The summed E-state index contributed by atoms with van der Waals surface area (Å²) in [7, 11) is 0. The predicted octanol–water partition coefficient (Wildman–Crippen LogP) is 3.19. The van der Waals surface area contributed by atoms with E-state index < -0.39 is 0 Å². The molecule has 0 heterocycles. The molecule has 0 radical (unpaired) electrons. The predicted molar refractivity (Wildman–Crippen MR) is 55.5 cm³/mol. The van der Waals surface area contributed by atoms with E-state index in [4.69, 9.17) is 0 Å². The van der Waals surface area contributed by atoms with Crippen LogP contribution in [0.2, 0.25) is 0 Å². The van der Waals surface area contributed by atoms with Crippen molar-refractivity contribution in [2.45, 2.75) is 33.6 Å². The van der Waals surface area contributed by atoms with Gasteiger partial charge < -0.3 is 0 Å². The molecule has 1 aliphatic rings. The van der Waals surface area contributed by atoms with Gasteiger partial charge in [-0.1, -0.05) is 30.7 Å². The minimum atomic E-state index is 0.208. The van der Waals surface area contributed by atoms with E-state index in [-0.39, 0.29) is 5.78 Å². The maximum atomic E-state index is 11.6. The Morgan fingerprint density at radius 3 is 2.62 bits per heavy atom. The summed E-state index contributed by atoms with van der Waals surface area (Å²) in [5.74, 6) is 0.208. The molecule has 0 aromatic heterocycles. The topological polar surface area (TPSA) is 17.1 Å². The Balaban J connectivity index is 2.94. The largest absolute Gasteiger partial charge is 0.289 e. The van der Waals surface area contributed by atoms with E-state index in [1.165, 1.54) is 5.57 Å². The highest BCUT2D eigenvalue weighted by atomic mass is 16.1. The van der Waals surface area contributed by atoms with Gasteiger partial charge in [0, 0.05) is 5.57 Å². The summed E-state index contributed by atoms with van der Waals surface area (Å²) in [6.45, 7) is 9.71. The third-order valence-corrected chi connectivity index (χ3v) is 2.41. The van der Waals surface area contributed by atoms with Gasteiger partial charge in [0.15, 0.2) is 5.78 Å². The first-order chi connectivity index (χ1) is 6.06. The molecule has 0 fully saturated rings. The van der Waals surface area contributed by atoms with Crippen LogP contribution in [0.25, 0.3) is 0 Å². The molecule has 1 heteroatoms. The summed E-state index contributed by atoms with van der Waals surface area (Å²) in [4.78, 5) is 11.6. The second kappa shape index (κ2) is 3.73. The molecule has 0 saturated heterocycles. The standard InChI is InChI=1S/C12H16O/c1-5-10-7-11(6-8(2)3)12(13)9(10)4/h6H,2,5,7H2,1,3-4H3/b11-6-. The number of allylic oxidation sites excluding steroid dienone is 5. The lowest BCUT2D eigenvalue weighted by Gasteiger charge is -1.95. The molecule has 13 heavy (non-hydrogen) atoms. The van der Waals surface area contributed by atoms with Gasteiger partial charge in [0.25, 0.3) is 0 Å². The summed E-state index contributed by atoms with van der Waals surface area (Å²) in [5, 5.41) is 0. The molecule has 0 unspecified atom stereocenters. The molecule has 0 bridgehead atoms. The van der Waals surface area contributed by atoms with Gasteiger partial charge in [0.1, 0.15) is 0 Å². The molecule has 0 atom stereocenters. The molecule has 0 aromatic rings. The lowest BCUT2D eigenvalue weighted by molar-refractivity contribution is -0.111. The van der Waals surface area contributed by atoms with Crippen molar-refractivity contribution >= 4 is 5.78 Å². The maximum absolute atomic E-state index is 11.6. The van der Waals surface area contributed by atoms with Crippen molar-refractivity contribution in [2.75, 3.05) is 0 Å². The van der Waals surface area contributed by atoms with Gasteiger partial charge in [-0.2, -0.15) is 0 Å². The van der Waals surface area contributed by atoms with Crippen molar-refractivity contribution in [3.63, 3.8) is 0 Å². The Bertz CT molecular complexity index is 316. The number of carbonyl (C=O) groups excluding carboxylic acids is 1. The van der Waals surface area contributed by atoms with Crippen LogP contribution in [0.4, 0.5) is 0 Å². The van der Waals surface area contributed by atoms with Crippen molar-refractivity contribution < 1.29 is 4.79 Å². The molecular weight excluding hydrogens is 160 g/mol. The molecule has 0 aromatic carbocycles. The molecule has 70 valence electrons. The third kappa shape index (κ3) is 1.97. The lowest BCUT2D eigenvalue weighted by Crippen LogP contribution is -1.96. The second-order valence-electron chi connectivity index (χ2n) is 3.60. The van der Waals surface area contributed by atoms with Gasteiger partial charge in [-0.3, -0.25) is 4.79 Å². The third-order valence-electron chi connectivity index (χ3n) is 2.41. The minimum absolute atomic E-state index is 0.208. The Labute approximate surface area is 79.8 Å². The second-order valence-corrected chi connectivity index (χ2v) is 3.60. The number of carbonyl (C=O) groups is 1. The molecule has 0 N–H and O–H groups in total. The number of Topliss-reactive ketones (excluding diaryl/α,β-unsaturated/α-hetero) is 1. The summed E-state index contributed by atoms with van der Waals surface area (Å²) in [5.41, 5.74) is 4.07. The fourth-order valence-electron chi connectivity index (χ4n) is 1.65. The first-order valence-electron chi connectivity index (χ1n) is 4.65. The molecule has 0 saturated carbocycles. The summed E-state index contributed by atoms with van der Waals surface area (Å²) in [6, 6.07) is 0. The average molecular weight is 176 g/mol. The number of hydrogen-bond acceptors (Lipinski definition) is 1. The Hall–Kier alpha value is -1.11. The fourth-order valence-corrected chi connectivity index (χ4v) is 1.65. The highest BCUT2D eigenvalue weighted by Crippen LogP contribution is 2.29. The van der Waals surface area contributed by atoms with Crippen LogP contribution in [0, 0.1) is 0 Å². The van der Waals surface area contributed by atoms with E-state index >= 15 is 0 Å². The maximum Gasteiger partial charge on any atom is 0.185 e. The van der Waals surface area contributed by atoms with Crippen LogP contribution < -0.4 is 0 Å². The molecule has 1 nitrogen and oxygen atoms in total. The van der Waals surface area contributed by atoms with Crippen LogP contribution in [-0.4, -0.2) is 5.78 Å². The van der Waals surface area contributed by atoms with Crippen LogP contribution in [0.1, 0.15) is 33.6 Å². The lowest BCUT2D eigenvalue weighted by atomic mass is 10.1. The van der Waals surface area contributed by atoms with Crippen molar-refractivity contribution in [3.8, 4) is 0 Å². The van der Waals surface area contributed by atoms with E-state index in [0.717, 1.165) is 29.6 Å². The molecular formula is C12H16O. The summed E-state index contributed by atoms with van der Waals surface area (Å²) >= 11 is 0. The normalized spacial score (nSPS) is 20.2. The highest BCUT2D eigenvalue weighted by molar-refractivity contribution is 6.11. The van der Waals surface area contributed by atoms with E-state index in [9.17, 15) is 4.79 Å². The molecule has 0 amide bonds. The number of rotatable bonds is 2. The molecule has 1 rings (SSSR count). The number of ketones is 1. The molecule has 0 aliphatic heterocycles. The van der Waals surface area contributed by atoms with E-state index in [2.05, 4.69) is 13.5 Å². The van der Waals surface area contributed by atoms with Crippen LogP contribution in [0.15, 0.2) is 34.9 Å². The van der Waals surface area contributed by atoms with Gasteiger partial charge in [-0.05, 0) is 32.3 Å². The summed E-state index contributed by atoms with van der Waals surface area (Å²) in [6.07, 6.45) is 3.70. The van der Waals surface area contributed by atoms with Crippen molar-refractivity contribution in [2.24, 2.45) is 0 Å². The van der Waals surface area contributed by atoms with Crippen LogP contribution in [0.3, 0.4) is 0 Å². The van der Waals surface area contributed by atoms with Crippen molar-refractivity contribution in [1.82, 2.24) is 0 Å². The van der Waals surface area contributed by atoms with Crippen molar-refractivity contribution in [1.29, 1.82) is 0 Å². The molecule has 1 aliphatic carbocycles. The van der Waals surface area contributed by atoms with Crippen LogP contribution in [-0.2, 0) is 4.79 Å². The monoisotopic (exact) mass is 176 g/mol. The summed E-state index contributed by atoms with van der Waals surface area (Å²) < 4.78 is 0.